The highest BCUT2D eigenvalue weighted by molar-refractivity contribution is 5.59. The lowest BCUT2D eigenvalue weighted by molar-refractivity contribution is -0.111. The average Bonchev–Trinajstić information content (AvgIpc) is 2.36. The van der Waals surface area contributed by atoms with Gasteiger partial charge in [0.05, 0.1) is 6.04 Å². The maximum absolute atomic E-state index is 11.0. The predicted molar refractivity (Wildman–Crippen MR) is 59.6 cm³/mol. The van der Waals surface area contributed by atoms with Crippen LogP contribution in [-0.4, -0.2) is 30.8 Å². The predicted octanol–water partition coefficient (Wildman–Crippen LogP) is 2.09. The summed E-state index contributed by atoms with van der Waals surface area (Å²) < 4.78 is 0. The normalized spacial score (nSPS) is 45.7. The minimum absolute atomic E-state index is 0.184. The second-order valence-electron chi connectivity index (χ2n) is 6.47. The maximum Gasteiger partial charge on any atom is 0.137 e. The zero-order chi connectivity index (χ0) is 10.9. The van der Waals surface area contributed by atoms with Crippen LogP contribution < -0.4 is 0 Å². The van der Waals surface area contributed by atoms with Crippen LogP contribution in [0.4, 0.5) is 0 Å². The molecule has 0 aromatic carbocycles. The first kappa shape index (κ1) is 9.83. The van der Waals surface area contributed by atoms with Gasteiger partial charge in [0.25, 0.3) is 0 Å². The zero-order valence-corrected chi connectivity index (χ0v) is 10.0. The number of rotatable bonds is 1. The number of likely N-dealkylation sites (N-methyl/N-ethyl adjacent to an activating group) is 1. The molecule has 84 valence electrons. The van der Waals surface area contributed by atoms with Crippen molar-refractivity contribution in [1.29, 1.82) is 0 Å². The molecule has 2 nitrogen and oxygen atoms in total. The molecular formula is C13H21NO. The van der Waals surface area contributed by atoms with Gasteiger partial charge >= 0.3 is 0 Å². The Kier molecular flexibility index (Phi) is 1.62. The summed E-state index contributed by atoms with van der Waals surface area (Å²) >= 11 is 0. The lowest BCUT2D eigenvalue weighted by Gasteiger charge is -2.32. The Morgan fingerprint density at radius 1 is 1.27 bits per heavy atom. The molecule has 2 atom stereocenters. The fraction of sp³-hybridized carbons (Fsp3) is 0.923. The summed E-state index contributed by atoms with van der Waals surface area (Å²) in [5.74, 6) is 0. The Morgan fingerprint density at radius 2 is 1.93 bits per heavy atom. The summed E-state index contributed by atoms with van der Waals surface area (Å²) in [6.45, 7) is 5.99. The molecule has 2 heteroatoms. The molecule has 0 amide bonds. The highest BCUT2D eigenvalue weighted by atomic mass is 16.1. The standard InChI is InChI=1S/C13H21NO/c1-11(2)12(5-4-6-12)13(11)7-10(8-15)14(3)9-13/h8,10H,4-7,9H2,1-3H3/t10?,13-/m0/s1. The van der Waals surface area contributed by atoms with Crippen LogP contribution in [0.3, 0.4) is 0 Å². The minimum atomic E-state index is 0.184. The molecule has 0 radical (unpaired) electrons. The molecule has 1 heterocycles. The summed E-state index contributed by atoms with van der Waals surface area (Å²) in [5.41, 5.74) is 1.55. The molecule has 0 bridgehead atoms. The number of fused-ring (bicyclic) bond motifs is 1. The molecule has 0 aromatic rings. The van der Waals surface area contributed by atoms with Crippen molar-refractivity contribution in [2.75, 3.05) is 13.6 Å². The average molecular weight is 207 g/mol. The molecule has 2 saturated carbocycles. The van der Waals surface area contributed by atoms with Gasteiger partial charge in [0.1, 0.15) is 6.29 Å². The van der Waals surface area contributed by atoms with Crippen molar-refractivity contribution in [3.63, 3.8) is 0 Å². The molecule has 0 aromatic heterocycles. The van der Waals surface area contributed by atoms with E-state index in [0.29, 0.717) is 16.2 Å². The van der Waals surface area contributed by atoms with Crippen molar-refractivity contribution in [1.82, 2.24) is 4.90 Å². The van der Waals surface area contributed by atoms with Gasteiger partial charge < -0.3 is 4.79 Å². The van der Waals surface area contributed by atoms with Crippen LogP contribution in [0.2, 0.25) is 0 Å². The molecule has 3 fully saturated rings. The topological polar surface area (TPSA) is 20.3 Å². The second-order valence-corrected chi connectivity index (χ2v) is 6.47. The molecule has 15 heavy (non-hydrogen) atoms. The number of carbonyl (C=O) groups is 1. The van der Waals surface area contributed by atoms with Crippen molar-refractivity contribution in [3.05, 3.63) is 0 Å². The first-order valence-corrected chi connectivity index (χ1v) is 6.16. The third kappa shape index (κ3) is 0.780. The van der Waals surface area contributed by atoms with Crippen molar-refractivity contribution in [2.45, 2.75) is 45.6 Å². The van der Waals surface area contributed by atoms with Gasteiger partial charge in [-0.3, -0.25) is 4.90 Å². The molecular weight excluding hydrogens is 186 g/mol. The van der Waals surface area contributed by atoms with E-state index < -0.39 is 0 Å². The quantitative estimate of drug-likeness (QED) is 0.614. The van der Waals surface area contributed by atoms with E-state index in [1.54, 1.807) is 0 Å². The van der Waals surface area contributed by atoms with E-state index in [-0.39, 0.29) is 6.04 Å². The number of nitrogens with zero attached hydrogens (tertiary/aromatic N) is 1. The van der Waals surface area contributed by atoms with Crippen molar-refractivity contribution < 1.29 is 4.79 Å². The Labute approximate surface area is 92.0 Å². The van der Waals surface area contributed by atoms with E-state index in [9.17, 15) is 4.79 Å². The van der Waals surface area contributed by atoms with Crippen LogP contribution in [0.1, 0.15) is 39.5 Å². The lowest BCUT2D eigenvalue weighted by Crippen LogP contribution is -2.26. The first-order valence-electron chi connectivity index (χ1n) is 6.16. The maximum atomic E-state index is 11.0. The van der Waals surface area contributed by atoms with Gasteiger partial charge in [-0.2, -0.15) is 0 Å². The molecule has 1 saturated heterocycles. The van der Waals surface area contributed by atoms with Gasteiger partial charge in [-0.15, -0.1) is 0 Å². The molecule has 1 aliphatic heterocycles. The number of aldehydes is 1. The fourth-order valence-electron chi connectivity index (χ4n) is 4.96. The van der Waals surface area contributed by atoms with Crippen molar-refractivity contribution in [3.8, 4) is 0 Å². The Morgan fingerprint density at radius 3 is 2.27 bits per heavy atom. The highest BCUT2D eigenvalue weighted by Crippen LogP contribution is 2.88. The van der Waals surface area contributed by atoms with Gasteiger partial charge in [-0.25, -0.2) is 0 Å². The minimum Gasteiger partial charge on any atom is -0.302 e. The van der Waals surface area contributed by atoms with Gasteiger partial charge in [0.15, 0.2) is 0 Å². The third-order valence-corrected chi connectivity index (χ3v) is 6.25. The van der Waals surface area contributed by atoms with Crippen LogP contribution in [0, 0.1) is 16.2 Å². The van der Waals surface area contributed by atoms with Gasteiger partial charge in [0.2, 0.25) is 0 Å². The number of hydrogen-bond donors (Lipinski definition) is 0. The summed E-state index contributed by atoms with van der Waals surface area (Å²) in [6.07, 6.45) is 6.47. The Bertz CT molecular complexity index is 318. The summed E-state index contributed by atoms with van der Waals surface area (Å²) in [4.78, 5) is 13.3. The SMILES string of the molecule is CN1C[C@@]2(CC1C=O)C(C)(C)C21CCC1. The molecule has 3 aliphatic rings. The molecule has 2 spiro atoms. The largest absolute Gasteiger partial charge is 0.302 e. The van der Waals surface area contributed by atoms with E-state index in [4.69, 9.17) is 0 Å². The number of hydrogen-bond acceptors (Lipinski definition) is 2. The van der Waals surface area contributed by atoms with E-state index in [0.717, 1.165) is 19.3 Å². The van der Waals surface area contributed by atoms with E-state index >= 15 is 0 Å². The first-order chi connectivity index (χ1) is 7.01. The summed E-state index contributed by atoms with van der Waals surface area (Å²) in [6, 6.07) is 0.184. The van der Waals surface area contributed by atoms with Crippen LogP contribution in [0.15, 0.2) is 0 Å². The lowest BCUT2D eigenvalue weighted by atomic mass is 9.73. The molecule has 3 rings (SSSR count). The van der Waals surface area contributed by atoms with Gasteiger partial charge in [-0.05, 0) is 42.6 Å². The van der Waals surface area contributed by atoms with E-state index in [2.05, 4.69) is 25.8 Å². The van der Waals surface area contributed by atoms with Crippen LogP contribution in [0.5, 0.6) is 0 Å². The monoisotopic (exact) mass is 207 g/mol. The van der Waals surface area contributed by atoms with Crippen molar-refractivity contribution >= 4 is 6.29 Å². The van der Waals surface area contributed by atoms with E-state index in [1.807, 2.05) is 0 Å². The molecule has 2 aliphatic carbocycles. The van der Waals surface area contributed by atoms with Crippen LogP contribution in [0.25, 0.3) is 0 Å². The summed E-state index contributed by atoms with van der Waals surface area (Å²) in [5, 5.41) is 0. The highest BCUT2D eigenvalue weighted by Gasteiger charge is 2.84. The van der Waals surface area contributed by atoms with Crippen LogP contribution in [-0.2, 0) is 4.79 Å². The zero-order valence-electron chi connectivity index (χ0n) is 10.0. The van der Waals surface area contributed by atoms with E-state index in [1.165, 1.54) is 19.3 Å². The molecule has 1 unspecified atom stereocenters. The summed E-state index contributed by atoms with van der Waals surface area (Å²) in [7, 11) is 2.11. The van der Waals surface area contributed by atoms with Gasteiger partial charge in [-0.1, -0.05) is 20.3 Å². The van der Waals surface area contributed by atoms with Crippen LogP contribution >= 0.6 is 0 Å². The van der Waals surface area contributed by atoms with Crippen molar-refractivity contribution in [2.24, 2.45) is 16.2 Å². The Balaban J connectivity index is 1.92. The smallest absolute Gasteiger partial charge is 0.137 e. The second kappa shape index (κ2) is 2.48. The number of likely N-dealkylation sites (tertiary alicyclic amines) is 1. The van der Waals surface area contributed by atoms with Gasteiger partial charge in [0, 0.05) is 6.54 Å². The number of carbonyl (C=O) groups excluding carboxylic acids is 1. The fourth-order valence-corrected chi connectivity index (χ4v) is 4.96. The Hall–Kier alpha value is -0.370. The molecule has 0 N–H and O–H groups in total. The third-order valence-electron chi connectivity index (χ3n) is 6.25.